The molecule has 1 saturated heterocycles. The fourth-order valence-corrected chi connectivity index (χ4v) is 4.11. The van der Waals surface area contributed by atoms with Gasteiger partial charge in [-0.2, -0.15) is 5.10 Å². The van der Waals surface area contributed by atoms with Crippen LogP contribution in [0.3, 0.4) is 0 Å². The minimum Gasteiger partial charge on any atom is -0.339 e. The molecule has 1 unspecified atom stereocenters. The number of hydrogen-bond donors (Lipinski definition) is 0. The summed E-state index contributed by atoms with van der Waals surface area (Å²) in [6, 6.07) is 8.75. The summed E-state index contributed by atoms with van der Waals surface area (Å²) in [4.78, 5) is 18.9. The SMILES string of the molecule is Cc1cc(-n2cccn2)ccc1-c1nccn1CC1CC(=O)N(C2CC2)C1. The molecule has 1 aromatic carbocycles. The predicted molar refractivity (Wildman–Crippen MR) is 102 cm³/mol. The Morgan fingerprint density at radius 3 is 2.81 bits per heavy atom. The number of likely N-dealkylation sites (tertiary alicyclic amines) is 1. The first-order valence-electron chi connectivity index (χ1n) is 9.60. The number of benzene rings is 1. The zero-order valence-corrected chi connectivity index (χ0v) is 15.5. The molecule has 1 amide bonds. The van der Waals surface area contributed by atoms with Crippen molar-refractivity contribution in [3.8, 4) is 17.1 Å². The molecule has 1 saturated carbocycles. The number of hydrogen-bond acceptors (Lipinski definition) is 3. The van der Waals surface area contributed by atoms with Gasteiger partial charge in [0.25, 0.3) is 0 Å². The molecule has 2 fully saturated rings. The molecule has 1 aliphatic carbocycles. The largest absolute Gasteiger partial charge is 0.339 e. The molecule has 1 aliphatic heterocycles. The van der Waals surface area contributed by atoms with Crippen molar-refractivity contribution in [1.82, 2.24) is 24.2 Å². The van der Waals surface area contributed by atoms with Crippen LogP contribution < -0.4 is 0 Å². The minimum atomic E-state index is 0.323. The quantitative estimate of drug-likeness (QED) is 0.702. The first kappa shape index (κ1) is 16.3. The Morgan fingerprint density at radius 2 is 2.07 bits per heavy atom. The summed E-state index contributed by atoms with van der Waals surface area (Å²) in [5, 5.41) is 4.30. The third-order valence-corrected chi connectivity index (χ3v) is 5.62. The Kier molecular flexibility index (Phi) is 3.85. The Balaban J connectivity index is 1.38. The second kappa shape index (κ2) is 6.37. The van der Waals surface area contributed by atoms with E-state index in [0.717, 1.165) is 35.7 Å². The van der Waals surface area contributed by atoms with Gasteiger partial charge in [-0.1, -0.05) is 0 Å². The Labute approximate surface area is 158 Å². The van der Waals surface area contributed by atoms with E-state index in [4.69, 9.17) is 0 Å². The van der Waals surface area contributed by atoms with Crippen molar-refractivity contribution in [1.29, 1.82) is 0 Å². The van der Waals surface area contributed by atoms with Gasteiger partial charge in [0.05, 0.1) is 5.69 Å². The van der Waals surface area contributed by atoms with Gasteiger partial charge in [-0.25, -0.2) is 9.67 Å². The number of carbonyl (C=O) groups is 1. The lowest BCUT2D eigenvalue weighted by Crippen LogP contribution is -2.27. The molecule has 5 rings (SSSR count). The second-order valence-corrected chi connectivity index (χ2v) is 7.70. The van der Waals surface area contributed by atoms with E-state index < -0.39 is 0 Å². The lowest BCUT2D eigenvalue weighted by Gasteiger charge is -2.17. The Bertz CT molecular complexity index is 970. The van der Waals surface area contributed by atoms with Gasteiger partial charge < -0.3 is 9.47 Å². The molecule has 2 aliphatic rings. The van der Waals surface area contributed by atoms with Crippen LogP contribution in [-0.2, 0) is 11.3 Å². The maximum atomic E-state index is 12.2. The molecule has 6 heteroatoms. The average Bonchev–Trinajstić information content (AvgIpc) is 3.05. The van der Waals surface area contributed by atoms with Gasteiger partial charge >= 0.3 is 0 Å². The third kappa shape index (κ3) is 3.05. The molecule has 6 nitrogen and oxygen atoms in total. The summed E-state index contributed by atoms with van der Waals surface area (Å²) in [5.41, 5.74) is 3.33. The highest BCUT2D eigenvalue weighted by molar-refractivity contribution is 5.79. The monoisotopic (exact) mass is 361 g/mol. The fraction of sp³-hybridized carbons (Fsp3) is 0.381. The lowest BCUT2D eigenvalue weighted by molar-refractivity contribution is -0.128. The summed E-state index contributed by atoms with van der Waals surface area (Å²) in [6.45, 7) is 3.83. The van der Waals surface area contributed by atoms with Crippen molar-refractivity contribution in [2.75, 3.05) is 6.54 Å². The predicted octanol–water partition coefficient (Wildman–Crippen LogP) is 3.06. The highest BCUT2D eigenvalue weighted by Gasteiger charge is 2.39. The van der Waals surface area contributed by atoms with Gasteiger partial charge in [0.2, 0.25) is 5.91 Å². The maximum Gasteiger partial charge on any atom is 0.223 e. The molecule has 27 heavy (non-hydrogen) atoms. The molecule has 0 radical (unpaired) electrons. The molecule has 1 atom stereocenters. The van der Waals surface area contributed by atoms with Crippen molar-refractivity contribution in [2.45, 2.75) is 38.8 Å². The van der Waals surface area contributed by atoms with Crippen LogP contribution in [0.25, 0.3) is 17.1 Å². The van der Waals surface area contributed by atoms with Crippen LogP contribution in [0.1, 0.15) is 24.8 Å². The number of rotatable bonds is 5. The van der Waals surface area contributed by atoms with Crippen LogP contribution in [0.4, 0.5) is 0 Å². The molecule has 3 aromatic rings. The van der Waals surface area contributed by atoms with Crippen LogP contribution in [0.5, 0.6) is 0 Å². The van der Waals surface area contributed by atoms with Gasteiger partial charge in [0.15, 0.2) is 0 Å². The first-order chi connectivity index (χ1) is 13.2. The van der Waals surface area contributed by atoms with Crippen LogP contribution in [-0.4, -0.2) is 42.7 Å². The van der Waals surface area contributed by atoms with E-state index in [2.05, 4.69) is 44.7 Å². The lowest BCUT2D eigenvalue weighted by atomic mass is 10.1. The second-order valence-electron chi connectivity index (χ2n) is 7.70. The number of nitrogens with zero attached hydrogens (tertiary/aromatic N) is 5. The van der Waals surface area contributed by atoms with E-state index in [1.807, 2.05) is 29.3 Å². The van der Waals surface area contributed by atoms with E-state index in [1.54, 1.807) is 6.20 Å². The van der Waals surface area contributed by atoms with Gasteiger partial charge in [-0.05, 0) is 49.6 Å². The fourth-order valence-electron chi connectivity index (χ4n) is 4.11. The van der Waals surface area contributed by atoms with Crippen LogP contribution in [0, 0.1) is 12.8 Å². The third-order valence-electron chi connectivity index (χ3n) is 5.62. The molecule has 3 heterocycles. The molecular weight excluding hydrogens is 338 g/mol. The number of aromatic nitrogens is 4. The molecular formula is C21H23N5O. The summed E-state index contributed by atoms with van der Waals surface area (Å²) in [6.07, 6.45) is 10.6. The van der Waals surface area contributed by atoms with Crippen molar-refractivity contribution in [3.05, 3.63) is 54.6 Å². The standard InChI is InChI=1S/C21H23N5O/c1-15-11-18(26-9-2-7-23-26)5-6-19(15)21-22-8-10-24(21)13-16-12-20(27)25(14-16)17-3-4-17/h2,5-11,16-17H,3-4,12-14H2,1H3. The molecule has 0 bridgehead atoms. The maximum absolute atomic E-state index is 12.2. The zero-order valence-electron chi connectivity index (χ0n) is 15.5. The van der Waals surface area contributed by atoms with Gasteiger partial charge in [0, 0.05) is 61.8 Å². The molecule has 2 aromatic heterocycles. The average molecular weight is 361 g/mol. The zero-order chi connectivity index (χ0) is 18.4. The normalized spacial score (nSPS) is 19.8. The number of imidazole rings is 1. The molecule has 138 valence electrons. The first-order valence-corrected chi connectivity index (χ1v) is 9.60. The van der Waals surface area contributed by atoms with Crippen molar-refractivity contribution >= 4 is 5.91 Å². The van der Waals surface area contributed by atoms with Crippen LogP contribution in [0.2, 0.25) is 0 Å². The Morgan fingerprint density at radius 1 is 1.19 bits per heavy atom. The van der Waals surface area contributed by atoms with Crippen molar-refractivity contribution < 1.29 is 4.79 Å². The Hall–Kier alpha value is -2.89. The minimum absolute atomic E-state index is 0.323. The highest BCUT2D eigenvalue weighted by Crippen LogP contribution is 2.33. The number of aryl methyl sites for hydroxylation is 1. The summed E-state index contributed by atoms with van der Waals surface area (Å²) >= 11 is 0. The van der Waals surface area contributed by atoms with Gasteiger partial charge in [0.1, 0.15) is 5.82 Å². The van der Waals surface area contributed by atoms with Gasteiger partial charge in [-0.15, -0.1) is 0 Å². The topological polar surface area (TPSA) is 56.0 Å². The van der Waals surface area contributed by atoms with E-state index >= 15 is 0 Å². The summed E-state index contributed by atoms with van der Waals surface area (Å²) in [5.74, 6) is 1.66. The van der Waals surface area contributed by atoms with Crippen LogP contribution >= 0.6 is 0 Å². The smallest absolute Gasteiger partial charge is 0.223 e. The molecule has 0 N–H and O–H groups in total. The van der Waals surface area contributed by atoms with E-state index in [9.17, 15) is 4.79 Å². The van der Waals surface area contributed by atoms with Crippen molar-refractivity contribution in [3.63, 3.8) is 0 Å². The van der Waals surface area contributed by atoms with E-state index in [0.29, 0.717) is 24.3 Å². The van der Waals surface area contributed by atoms with Crippen LogP contribution in [0.15, 0.2) is 49.1 Å². The summed E-state index contributed by atoms with van der Waals surface area (Å²) in [7, 11) is 0. The van der Waals surface area contributed by atoms with E-state index in [-0.39, 0.29) is 0 Å². The highest BCUT2D eigenvalue weighted by atomic mass is 16.2. The number of amides is 1. The van der Waals surface area contributed by atoms with Crippen molar-refractivity contribution in [2.24, 2.45) is 5.92 Å². The van der Waals surface area contributed by atoms with Gasteiger partial charge in [-0.3, -0.25) is 4.79 Å². The summed E-state index contributed by atoms with van der Waals surface area (Å²) < 4.78 is 4.06. The molecule has 0 spiro atoms. The number of carbonyl (C=O) groups excluding carboxylic acids is 1. The van der Waals surface area contributed by atoms with E-state index in [1.165, 1.54) is 12.8 Å².